The fraction of sp³-hybridized carbons (Fsp3) is 0.150. The Bertz CT molecular complexity index is 992. The van der Waals surface area contributed by atoms with Crippen LogP contribution in [0.3, 0.4) is 0 Å². The van der Waals surface area contributed by atoms with E-state index in [0.29, 0.717) is 11.3 Å². The molecule has 3 rings (SSSR count). The summed E-state index contributed by atoms with van der Waals surface area (Å²) in [6.45, 7) is 1.46. The Morgan fingerprint density at radius 1 is 1.14 bits per heavy atom. The molecular formula is C20H16F2N2O3S. The van der Waals surface area contributed by atoms with Crippen LogP contribution in [-0.2, 0) is 20.7 Å². The van der Waals surface area contributed by atoms with E-state index < -0.39 is 29.6 Å². The molecule has 2 aromatic carbocycles. The summed E-state index contributed by atoms with van der Waals surface area (Å²) in [5.74, 6) is -2.98. The van der Waals surface area contributed by atoms with Crippen molar-refractivity contribution in [2.45, 2.75) is 19.4 Å². The van der Waals surface area contributed by atoms with Crippen LogP contribution in [0.4, 0.5) is 13.9 Å². The molecule has 0 fully saturated rings. The average molecular weight is 402 g/mol. The second-order valence-corrected chi connectivity index (χ2v) is 6.81. The third-order valence-corrected chi connectivity index (χ3v) is 4.58. The minimum Gasteiger partial charge on any atom is -0.452 e. The van der Waals surface area contributed by atoms with Crippen LogP contribution in [0.1, 0.15) is 12.5 Å². The standard InChI is InChI=1S/C20H16F2N2O3S/c1-12(27-18(25)9-13-5-3-2-4-6-13)19(26)24-20-23-17(11-28-20)14-7-8-15(21)16(22)10-14/h2-8,10-12H,9H2,1H3,(H,23,24,26)/t12-/m0/s1. The SMILES string of the molecule is C[C@H](OC(=O)Cc1ccccc1)C(=O)Nc1nc(-c2ccc(F)c(F)c2)cs1. The van der Waals surface area contributed by atoms with Crippen molar-refractivity contribution in [3.63, 3.8) is 0 Å². The molecular weight excluding hydrogens is 386 g/mol. The molecule has 0 saturated carbocycles. The molecule has 0 aliphatic rings. The number of nitrogens with one attached hydrogen (secondary N) is 1. The van der Waals surface area contributed by atoms with Crippen LogP contribution >= 0.6 is 11.3 Å². The normalized spacial score (nSPS) is 11.7. The number of amides is 1. The molecule has 8 heteroatoms. The summed E-state index contributed by atoms with van der Waals surface area (Å²) >= 11 is 1.12. The topological polar surface area (TPSA) is 68.3 Å². The first-order valence-electron chi connectivity index (χ1n) is 8.37. The molecule has 3 aromatic rings. The van der Waals surface area contributed by atoms with Crippen molar-refractivity contribution in [1.29, 1.82) is 0 Å². The summed E-state index contributed by atoms with van der Waals surface area (Å²) in [5, 5.41) is 4.42. The monoisotopic (exact) mass is 402 g/mol. The predicted octanol–water partition coefficient (Wildman–Crippen LogP) is 4.20. The van der Waals surface area contributed by atoms with E-state index in [4.69, 9.17) is 4.74 Å². The Hall–Kier alpha value is -3.13. The van der Waals surface area contributed by atoms with Crippen LogP contribution in [0.15, 0.2) is 53.9 Å². The van der Waals surface area contributed by atoms with Gasteiger partial charge in [-0.25, -0.2) is 13.8 Å². The molecule has 0 saturated heterocycles. The van der Waals surface area contributed by atoms with Gasteiger partial charge in [-0.1, -0.05) is 30.3 Å². The zero-order valence-electron chi connectivity index (χ0n) is 14.8. The fourth-order valence-corrected chi connectivity index (χ4v) is 3.10. The number of rotatable bonds is 6. The quantitative estimate of drug-likeness (QED) is 0.628. The third-order valence-electron chi connectivity index (χ3n) is 3.82. The minimum atomic E-state index is -1.01. The summed E-state index contributed by atoms with van der Waals surface area (Å²) in [4.78, 5) is 28.3. The maximum Gasteiger partial charge on any atom is 0.311 e. The molecule has 0 spiro atoms. The fourth-order valence-electron chi connectivity index (χ4n) is 2.38. The lowest BCUT2D eigenvalue weighted by molar-refractivity contribution is -0.152. The van der Waals surface area contributed by atoms with Gasteiger partial charge in [0.15, 0.2) is 22.9 Å². The Balaban J connectivity index is 1.57. The van der Waals surface area contributed by atoms with Gasteiger partial charge in [0, 0.05) is 10.9 Å². The number of benzene rings is 2. The lowest BCUT2D eigenvalue weighted by Gasteiger charge is -2.12. The van der Waals surface area contributed by atoms with Crippen molar-refractivity contribution in [2.24, 2.45) is 0 Å². The molecule has 1 aromatic heterocycles. The number of thiazole rings is 1. The Morgan fingerprint density at radius 3 is 2.61 bits per heavy atom. The van der Waals surface area contributed by atoms with Crippen LogP contribution in [0.2, 0.25) is 0 Å². The van der Waals surface area contributed by atoms with Crippen molar-refractivity contribution < 1.29 is 23.1 Å². The summed E-state index contributed by atoms with van der Waals surface area (Å²) in [6, 6.07) is 12.5. The smallest absolute Gasteiger partial charge is 0.311 e. The Labute approximate surface area is 164 Å². The van der Waals surface area contributed by atoms with Gasteiger partial charge in [-0.3, -0.25) is 14.9 Å². The van der Waals surface area contributed by atoms with Gasteiger partial charge in [0.25, 0.3) is 5.91 Å². The summed E-state index contributed by atoms with van der Waals surface area (Å²) in [6.07, 6.45) is -0.942. The number of hydrogen-bond acceptors (Lipinski definition) is 5. The van der Waals surface area contributed by atoms with Crippen molar-refractivity contribution in [1.82, 2.24) is 4.98 Å². The van der Waals surface area contributed by atoms with Gasteiger partial charge in [-0.15, -0.1) is 11.3 Å². The number of carbonyl (C=O) groups is 2. The number of ether oxygens (including phenoxy) is 1. The Morgan fingerprint density at radius 2 is 1.89 bits per heavy atom. The predicted molar refractivity (Wildman–Crippen MR) is 102 cm³/mol. The van der Waals surface area contributed by atoms with Crippen molar-refractivity contribution >= 4 is 28.3 Å². The molecule has 1 N–H and O–H groups in total. The molecule has 0 bridgehead atoms. The van der Waals surface area contributed by atoms with Crippen molar-refractivity contribution in [3.05, 3.63) is 71.1 Å². The largest absolute Gasteiger partial charge is 0.452 e. The molecule has 5 nitrogen and oxygen atoms in total. The van der Waals surface area contributed by atoms with E-state index in [1.807, 2.05) is 18.2 Å². The number of nitrogens with zero attached hydrogens (tertiary/aromatic N) is 1. The molecule has 0 radical (unpaired) electrons. The second-order valence-electron chi connectivity index (χ2n) is 5.95. The highest BCUT2D eigenvalue weighted by molar-refractivity contribution is 7.14. The van der Waals surface area contributed by atoms with E-state index in [-0.39, 0.29) is 11.6 Å². The van der Waals surface area contributed by atoms with Crippen LogP contribution < -0.4 is 5.32 Å². The summed E-state index contributed by atoms with van der Waals surface area (Å²) in [5.41, 5.74) is 1.57. The van der Waals surface area contributed by atoms with Gasteiger partial charge in [0.05, 0.1) is 12.1 Å². The van der Waals surface area contributed by atoms with Gasteiger partial charge in [0.2, 0.25) is 0 Å². The van der Waals surface area contributed by atoms with Crippen LogP contribution in [0.25, 0.3) is 11.3 Å². The maximum absolute atomic E-state index is 13.3. The van der Waals surface area contributed by atoms with Gasteiger partial charge >= 0.3 is 5.97 Å². The van der Waals surface area contributed by atoms with Crippen molar-refractivity contribution in [3.8, 4) is 11.3 Å². The minimum absolute atomic E-state index is 0.0655. The van der Waals surface area contributed by atoms with Crippen molar-refractivity contribution in [2.75, 3.05) is 5.32 Å². The molecule has 0 aliphatic carbocycles. The van der Waals surface area contributed by atoms with Gasteiger partial charge in [0.1, 0.15) is 0 Å². The van der Waals surface area contributed by atoms with Crippen LogP contribution in [0.5, 0.6) is 0 Å². The van der Waals surface area contributed by atoms with Gasteiger partial charge in [-0.05, 0) is 30.7 Å². The van der Waals surface area contributed by atoms with E-state index in [0.717, 1.165) is 29.0 Å². The van der Waals surface area contributed by atoms with Gasteiger partial charge in [-0.2, -0.15) is 0 Å². The summed E-state index contributed by atoms with van der Waals surface area (Å²) in [7, 11) is 0. The van der Waals surface area contributed by atoms with Crippen LogP contribution in [0, 0.1) is 11.6 Å². The first kappa shape index (κ1) is 19.6. The van der Waals surface area contributed by atoms with E-state index in [1.54, 1.807) is 17.5 Å². The number of esters is 1. The zero-order valence-corrected chi connectivity index (χ0v) is 15.6. The highest BCUT2D eigenvalue weighted by Gasteiger charge is 2.19. The number of anilines is 1. The van der Waals surface area contributed by atoms with E-state index in [2.05, 4.69) is 10.3 Å². The Kier molecular flexibility index (Phi) is 6.10. The highest BCUT2D eigenvalue weighted by Crippen LogP contribution is 2.26. The molecule has 1 heterocycles. The first-order chi connectivity index (χ1) is 13.4. The van der Waals surface area contributed by atoms with E-state index in [1.165, 1.54) is 13.0 Å². The second kappa shape index (κ2) is 8.71. The van der Waals surface area contributed by atoms with Gasteiger partial charge < -0.3 is 4.74 Å². The van der Waals surface area contributed by atoms with E-state index in [9.17, 15) is 18.4 Å². The molecule has 0 unspecified atom stereocenters. The maximum atomic E-state index is 13.3. The molecule has 144 valence electrons. The lowest BCUT2D eigenvalue weighted by Crippen LogP contribution is -2.30. The zero-order chi connectivity index (χ0) is 20.1. The molecule has 0 aliphatic heterocycles. The molecule has 28 heavy (non-hydrogen) atoms. The first-order valence-corrected chi connectivity index (χ1v) is 9.25. The highest BCUT2D eigenvalue weighted by atomic mass is 32.1. The number of halogens is 2. The number of carbonyl (C=O) groups excluding carboxylic acids is 2. The average Bonchev–Trinajstić information content (AvgIpc) is 3.13. The number of aromatic nitrogens is 1. The lowest BCUT2D eigenvalue weighted by atomic mass is 10.1. The summed E-state index contributed by atoms with van der Waals surface area (Å²) < 4.78 is 31.5. The number of hydrogen-bond donors (Lipinski definition) is 1. The van der Waals surface area contributed by atoms with E-state index >= 15 is 0 Å². The third kappa shape index (κ3) is 4.98. The molecule has 1 amide bonds. The molecule has 1 atom stereocenters. The van der Waals surface area contributed by atoms with Crippen LogP contribution in [-0.4, -0.2) is 23.0 Å².